The van der Waals surface area contributed by atoms with Gasteiger partial charge >= 0.3 is 5.97 Å². The maximum atomic E-state index is 11.4. The van der Waals surface area contributed by atoms with E-state index in [2.05, 4.69) is 15.7 Å². The minimum atomic E-state index is -0.515. The van der Waals surface area contributed by atoms with Gasteiger partial charge in [-0.3, -0.25) is 4.90 Å². The molecule has 1 fully saturated rings. The Morgan fingerprint density at radius 3 is 2.90 bits per heavy atom. The van der Waals surface area contributed by atoms with Gasteiger partial charge in [0.1, 0.15) is 12.4 Å². The smallest absolute Gasteiger partial charge is 0.336 e. The molecule has 0 radical (unpaired) electrons. The molecule has 6 heteroatoms. The highest BCUT2D eigenvalue weighted by molar-refractivity contribution is 5.74. The normalized spacial score (nSPS) is 18.8. The highest BCUT2D eigenvalue weighted by Crippen LogP contribution is 2.12. The largest absolute Gasteiger partial charge is 0.492 e. The number of nitriles is 1. The summed E-state index contributed by atoms with van der Waals surface area (Å²) in [5, 5.41) is 8.72. The Morgan fingerprint density at radius 2 is 2.24 bits per heavy atom. The molecule has 1 aromatic rings. The van der Waals surface area contributed by atoms with Crippen LogP contribution >= 0.6 is 0 Å². The fraction of sp³-hybridized carbons (Fsp3) is 0.467. The van der Waals surface area contributed by atoms with Gasteiger partial charge in [-0.05, 0) is 24.3 Å². The molecular weight excluding hydrogens is 272 g/mol. The molecule has 6 nitrogen and oxygen atoms in total. The van der Waals surface area contributed by atoms with E-state index in [1.165, 1.54) is 7.11 Å². The van der Waals surface area contributed by atoms with Crippen molar-refractivity contribution in [2.45, 2.75) is 6.10 Å². The molecular formula is C15H18N2O4. The number of hydrogen-bond donors (Lipinski definition) is 0. The van der Waals surface area contributed by atoms with Crippen LogP contribution in [0.1, 0.15) is 5.56 Å². The minimum Gasteiger partial charge on any atom is -0.492 e. The second kappa shape index (κ2) is 7.62. The van der Waals surface area contributed by atoms with E-state index in [1.54, 1.807) is 24.3 Å². The second-order valence-electron chi connectivity index (χ2n) is 4.67. The third kappa shape index (κ3) is 4.45. The number of ether oxygens (including phenoxy) is 3. The van der Waals surface area contributed by atoms with Crippen molar-refractivity contribution in [2.24, 2.45) is 0 Å². The molecule has 1 aromatic carbocycles. The average molecular weight is 290 g/mol. The SMILES string of the molecule is COC(=O)C1CN(CCOc2ccc(C#N)cc2)CCO1. The summed E-state index contributed by atoms with van der Waals surface area (Å²) in [6.45, 7) is 3.01. The number of methoxy groups -OCH3 is 1. The molecule has 1 aliphatic rings. The zero-order chi connectivity index (χ0) is 15.1. The maximum absolute atomic E-state index is 11.4. The van der Waals surface area contributed by atoms with Crippen molar-refractivity contribution in [1.29, 1.82) is 5.26 Å². The number of morpholine rings is 1. The fourth-order valence-corrected chi connectivity index (χ4v) is 2.10. The third-order valence-electron chi connectivity index (χ3n) is 3.27. The molecule has 0 aromatic heterocycles. The maximum Gasteiger partial charge on any atom is 0.336 e. The molecule has 0 amide bonds. The van der Waals surface area contributed by atoms with Crippen molar-refractivity contribution in [3.8, 4) is 11.8 Å². The van der Waals surface area contributed by atoms with Crippen molar-refractivity contribution in [2.75, 3.05) is 40.0 Å². The van der Waals surface area contributed by atoms with E-state index in [4.69, 9.17) is 14.7 Å². The lowest BCUT2D eigenvalue weighted by Gasteiger charge is -2.31. The Bertz CT molecular complexity index is 509. The van der Waals surface area contributed by atoms with E-state index in [1.807, 2.05) is 0 Å². The van der Waals surface area contributed by atoms with Crippen LogP contribution in [-0.2, 0) is 14.3 Å². The molecule has 1 atom stereocenters. The van der Waals surface area contributed by atoms with Crippen molar-refractivity contribution in [3.05, 3.63) is 29.8 Å². The van der Waals surface area contributed by atoms with Crippen LogP contribution in [0.2, 0.25) is 0 Å². The van der Waals surface area contributed by atoms with Crippen LogP contribution in [0.4, 0.5) is 0 Å². The second-order valence-corrected chi connectivity index (χ2v) is 4.67. The van der Waals surface area contributed by atoms with Crippen LogP contribution in [-0.4, -0.2) is 56.9 Å². The van der Waals surface area contributed by atoms with Crippen molar-refractivity contribution >= 4 is 5.97 Å². The molecule has 1 heterocycles. The van der Waals surface area contributed by atoms with Gasteiger partial charge in [-0.1, -0.05) is 0 Å². The summed E-state index contributed by atoms with van der Waals surface area (Å²) in [6.07, 6.45) is -0.515. The standard InChI is InChI=1S/C15H18N2O4/c1-19-15(18)14-11-17(7-9-21-14)6-8-20-13-4-2-12(10-16)3-5-13/h2-5,14H,6-9,11H2,1H3. The van der Waals surface area contributed by atoms with Crippen molar-refractivity contribution < 1.29 is 19.0 Å². The van der Waals surface area contributed by atoms with Gasteiger partial charge in [-0.25, -0.2) is 4.79 Å². The Morgan fingerprint density at radius 1 is 1.48 bits per heavy atom. The van der Waals surface area contributed by atoms with Gasteiger partial charge in [0.25, 0.3) is 0 Å². The van der Waals surface area contributed by atoms with Gasteiger partial charge in [0, 0.05) is 19.6 Å². The highest BCUT2D eigenvalue weighted by atomic mass is 16.6. The van der Waals surface area contributed by atoms with Gasteiger partial charge in [-0.15, -0.1) is 0 Å². The molecule has 1 saturated heterocycles. The molecule has 21 heavy (non-hydrogen) atoms. The number of carbonyl (C=O) groups is 1. The lowest BCUT2D eigenvalue weighted by molar-refractivity contribution is -0.159. The average Bonchev–Trinajstić information content (AvgIpc) is 2.55. The van der Waals surface area contributed by atoms with Crippen molar-refractivity contribution in [3.63, 3.8) is 0 Å². The van der Waals surface area contributed by atoms with E-state index >= 15 is 0 Å². The monoisotopic (exact) mass is 290 g/mol. The topological polar surface area (TPSA) is 71.8 Å². The zero-order valence-electron chi connectivity index (χ0n) is 11.9. The van der Waals surface area contributed by atoms with Crippen LogP contribution in [0, 0.1) is 11.3 Å². The Balaban J connectivity index is 1.75. The predicted molar refractivity (Wildman–Crippen MR) is 74.8 cm³/mol. The summed E-state index contributed by atoms with van der Waals surface area (Å²) >= 11 is 0. The van der Waals surface area contributed by atoms with Gasteiger partial charge in [-0.2, -0.15) is 5.26 Å². The van der Waals surface area contributed by atoms with Gasteiger partial charge in [0.15, 0.2) is 6.10 Å². The van der Waals surface area contributed by atoms with E-state index in [0.29, 0.717) is 31.9 Å². The number of hydrogen-bond acceptors (Lipinski definition) is 6. The van der Waals surface area contributed by atoms with Crippen LogP contribution in [0.25, 0.3) is 0 Å². The first-order valence-corrected chi connectivity index (χ1v) is 6.77. The summed E-state index contributed by atoms with van der Waals surface area (Å²) in [5.41, 5.74) is 0.608. The Hall–Kier alpha value is -2.10. The Kier molecular flexibility index (Phi) is 5.55. The highest BCUT2D eigenvalue weighted by Gasteiger charge is 2.26. The van der Waals surface area contributed by atoms with E-state index < -0.39 is 6.10 Å². The molecule has 1 aliphatic heterocycles. The number of carbonyl (C=O) groups excluding carboxylic acids is 1. The molecule has 2 rings (SSSR count). The quantitative estimate of drug-likeness (QED) is 0.747. The molecule has 0 N–H and O–H groups in total. The number of nitrogens with zero attached hydrogens (tertiary/aromatic N) is 2. The molecule has 1 unspecified atom stereocenters. The van der Waals surface area contributed by atoms with E-state index in [0.717, 1.165) is 12.3 Å². The summed E-state index contributed by atoms with van der Waals surface area (Å²) < 4.78 is 15.7. The number of esters is 1. The first kappa shape index (κ1) is 15.3. The van der Waals surface area contributed by atoms with Gasteiger partial charge < -0.3 is 14.2 Å². The summed E-state index contributed by atoms with van der Waals surface area (Å²) in [7, 11) is 1.36. The summed E-state index contributed by atoms with van der Waals surface area (Å²) in [4.78, 5) is 13.5. The zero-order valence-corrected chi connectivity index (χ0v) is 11.9. The molecule has 112 valence electrons. The number of benzene rings is 1. The van der Waals surface area contributed by atoms with Gasteiger partial charge in [0.2, 0.25) is 0 Å². The van der Waals surface area contributed by atoms with Crippen LogP contribution in [0.15, 0.2) is 24.3 Å². The first-order chi connectivity index (χ1) is 10.2. The molecule has 0 aliphatic carbocycles. The van der Waals surface area contributed by atoms with E-state index in [-0.39, 0.29) is 5.97 Å². The van der Waals surface area contributed by atoms with Crippen molar-refractivity contribution in [1.82, 2.24) is 4.90 Å². The fourth-order valence-electron chi connectivity index (χ4n) is 2.10. The lowest BCUT2D eigenvalue weighted by atomic mass is 10.2. The van der Waals surface area contributed by atoms with E-state index in [9.17, 15) is 4.79 Å². The van der Waals surface area contributed by atoms with Gasteiger partial charge in [0.05, 0.1) is 25.3 Å². The first-order valence-electron chi connectivity index (χ1n) is 6.77. The van der Waals surface area contributed by atoms with Crippen LogP contribution in [0.3, 0.4) is 0 Å². The van der Waals surface area contributed by atoms with Crippen LogP contribution in [0.5, 0.6) is 5.75 Å². The molecule has 0 spiro atoms. The summed E-state index contributed by atoms with van der Waals surface area (Å²) in [6, 6.07) is 9.05. The lowest BCUT2D eigenvalue weighted by Crippen LogP contribution is -2.47. The minimum absolute atomic E-state index is 0.340. The molecule has 0 bridgehead atoms. The Labute approximate surface area is 123 Å². The third-order valence-corrected chi connectivity index (χ3v) is 3.27. The number of rotatable bonds is 5. The van der Waals surface area contributed by atoms with Crippen LogP contribution < -0.4 is 4.74 Å². The molecule has 0 saturated carbocycles. The predicted octanol–water partition coefficient (Wildman–Crippen LogP) is 0.811. The summed E-state index contributed by atoms with van der Waals surface area (Å²) in [5.74, 6) is 0.388.